The Labute approximate surface area is 109 Å². The van der Waals surface area contributed by atoms with Gasteiger partial charge in [-0.1, -0.05) is 0 Å². The summed E-state index contributed by atoms with van der Waals surface area (Å²) in [5, 5.41) is 0. The van der Waals surface area contributed by atoms with E-state index in [4.69, 9.17) is 5.73 Å². The number of benzene rings is 1. The second-order valence-electron chi connectivity index (χ2n) is 2.97. The fourth-order valence-corrected chi connectivity index (χ4v) is 3.88. The molecule has 2 aromatic rings. The minimum atomic E-state index is 0.321. The Kier molecular flexibility index (Phi) is 3.61. The van der Waals surface area contributed by atoms with Crippen molar-refractivity contribution >= 4 is 52.2 Å². The van der Waals surface area contributed by atoms with E-state index in [2.05, 4.69) is 45.8 Å². The first-order valence-corrected chi connectivity index (χ1v) is 7.18. The van der Waals surface area contributed by atoms with Crippen molar-refractivity contribution in [3.8, 4) is 0 Å². The first-order chi connectivity index (χ1) is 7.25. The summed E-state index contributed by atoms with van der Waals surface area (Å²) < 4.78 is 3.73. The quantitative estimate of drug-likeness (QED) is 0.482. The zero-order valence-corrected chi connectivity index (χ0v) is 11.7. The zero-order valence-electron chi connectivity index (χ0n) is 7.85. The van der Waals surface area contributed by atoms with Crippen LogP contribution in [0.15, 0.2) is 42.7 Å². The zero-order chi connectivity index (χ0) is 10.7. The van der Waals surface area contributed by atoms with E-state index in [-0.39, 0.29) is 0 Å². The van der Waals surface area contributed by atoms with Crippen molar-refractivity contribution in [1.82, 2.24) is 4.98 Å². The van der Waals surface area contributed by atoms with E-state index < -0.39 is 0 Å². The van der Waals surface area contributed by atoms with Crippen molar-refractivity contribution < 1.29 is 0 Å². The van der Waals surface area contributed by atoms with Crippen LogP contribution in [0.2, 0.25) is 0 Å². The van der Waals surface area contributed by atoms with Crippen LogP contribution in [0, 0.1) is 3.57 Å². The topological polar surface area (TPSA) is 38.9 Å². The van der Waals surface area contributed by atoms with E-state index in [1.807, 2.05) is 18.3 Å². The number of nitrogens with zero attached hydrogens (tertiary/aromatic N) is 1. The van der Waals surface area contributed by atoms with Gasteiger partial charge in [0.2, 0.25) is 0 Å². The summed E-state index contributed by atoms with van der Waals surface area (Å²) in [6, 6.07) is 10.3. The standard InChI is InChI=1S/C11H9IN2Se/c12-10-6-8(3-4-11(10)13)15-9-2-1-5-14-7-9/h1-7H,13H2. The fraction of sp³-hybridized carbons (Fsp3) is 0. The average molecular weight is 375 g/mol. The van der Waals surface area contributed by atoms with Crippen molar-refractivity contribution in [3.63, 3.8) is 0 Å². The second kappa shape index (κ2) is 4.96. The monoisotopic (exact) mass is 376 g/mol. The van der Waals surface area contributed by atoms with Gasteiger partial charge in [0.1, 0.15) is 0 Å². The molecule has 0 saturated heterocycles. The van der Waals surface area contributed by atoms with E-state index in [1.165, 1.54) is 8.92 Å². The summed E-state index contributed by atoms with van der Waals surface area (Å²) >= 11 is 2.58. The van der Waals surface area contributed by atoms with Gasteiger partial charge in [0.25, 0.3) is 0 Å². The maximum absolute atomic E-state index is 5.77. The molecule has 0 aliphatic carbocycles. The van der Waals surface area contributed by atoms with Gasteiger partial charge in [-0.3, -0.25) is 0 Å². The third kappa shape index (κ3) is 2.93. The molecule has 0 aliphatic rings. The Morgan fingerprint density at radius 2 is 2.07 bits per heavy atom. The molecule has 0 radical (unpaired) electrons. The van der Waals surface area contributed by atoms with E-state index >= 15 is 0 Å². The molecule has 0 fully saturated rings. The van der Waals surface area contributed by atoms with Crippen LogP contribution >= 0.6 is 22.6 Å². The summed E-state index contributed by atoms with van der Waals surface area (Å²) in [5.41, 5.74) is 6.62. The predicted molar refractivity (Wildman–Crippen MR) is 72.8 cm³/mol. The summed E-state index contributed by atoms with van der Waals surface area (Å²) in [5.74, 6) is 0. The molecular weight excluding hydrogens is 366 g/mol. The molecule has 1 aromatic heterocycles. The Morgan fingerprint density at radius 1 is 1.20 bits per heavy atom. The normalized spacial score (nSPS) is 10.2. The van der Waals surface area contributed by atoms with Gasteiger partial charge in [0, 0.05) is 0 Å². The van der Waals surface area contributed by atoms with Crippen molar-refractivity contribution in [2.75, 3.05) is 5.73 Å². The number of aromatic nitrogens is 1. The molecule has 0 atom stereocenters. The molecule has 0 unspecified atom stereocenters. The van der Waals surface area contributed by atoms with Crippen molar-refractivity contribution in [3.05, 3.63) is 46.3 Å². The SMILES string of the molecule is Nc1ccc([Se]c2cccnc2)cc1I. The molecular formula is C11H9IN2Se. The molecule has 1 heterocycles. The van der Waals surface area contributed by atoms with Crippen LogP contribution < -0.4 is 14.7 Å². The summed E-state index contributed by atoms with van der Waals surface area (Å²) in [6.07, 6.45) is 3.72. The number of anilines is 1. The van der Waals surface area contributed by atoms with Crippen LogP contribution in [-0.2, 0) is 0 Å². The van der Waals surface area contributed by atoms with Crippen LogP contribution in [0.3, 0.4) is 0 Å². The molecule has 4 heteroatoms. The number of nitrogens with two attached hydrogens (primary N) is 1. The van der Waals surface area contributed by atoms with E-state index in [9.17, 15) is 0 Å². The number of nitrogen functional groups attached to an aromatic ring is 1. The van der Waals surface area contributed by atoms with Gasteiger partial charge in [-0.05, 0) is 0 Å². The number of rotatable bonds is 2. The van der Waals surface area contributed by atoms with Gasteiger partial charge in [-0.25, -0.2) is 0 Å². The predicted octanol–water partition coefficient (Wildman–Crippen LogP) is 0.923. The molecule has 0 spiro atoms. The summed E-state index contributed by atoms with van der Waals surface area (Å²) in [6.45, 7) is 0. The van der Waals surface area contributed by atoms with Gasteiger partial charge in [-0.15, -0.1) is 0 Å². The van der Waals surface area contributed by atoms with Gasteiger partial charge in [0.15, 0.2) is 0 Å². The van der Waals surface area contributed by atoms with Crippen molar-refractivity contribution in [1.29, 1.82) is 0 Å². The van der Waals surface area contributed by atoms with E-state index in [0.29, 0.717) is 15.0 Å². The molecule has 0 bridgehead atoms. The first-order valence-electron chi connectivity index (χ1n) is 4.38. The van der Waals surface area contributed by atoms with Crippen molar-refractivity contribution in [2.45, 2.75) is 0 Å². The number of hydrogen-bond acceptors (Lipinski definition) is 2. The number of pyridine rings is 1. The first kappa shape index (κ1) is 10.9. The third-order valence-electron chi connectivity index (χ3n) is 1.84. The van der Waals surface area contributed by atoms with Gasteiger partial charge < -0.3 is 0 Å². The van der Waals surface area contributed by atoms with Crippen LogP contribution in [0.1, 0.15) is 0 Å². The summed E-state index contributed by atoms with van der Waals surface area (Å²) in [4.78, 5) is 4.11. The summed E-state index contributed by atoms with van der Waals surface area (Å²) in [7, 11) is 0. The molecule has 0 amide bonds. The van der Waals surface area contributed by atoms with E-state index in [1.54, 1.807) is 6.20 Å². The van der Waals surface area contributed by atoms with E-state index in [0.717, 1.165) is 9.26 Å². The Bertz CT molecular complexity index is 459. The van der Waals surface area contributed by atoms with Gasteiger partial charge >= 0.3 is 109 Å². The molecule has 2 nitrogen and oxygen atoms in total. The maximum atomic E-state index is 5.77. The van der Waals surface area contributed by atoms with Crippen molar-refractivity contribution in [2.24, 2.45) is 0 Å². The van der Waals surface area contributed by atoms with Crippen LogP contribution in [0.4, 0.5) is 5.69 Å². The Hall–Kier alpha value is -0.581. The second-order valence-corrected chi connectivity index (χ2v) is 6.54. The van der Waals surface area contributed by atoms with Crippen LogP contribution in [0.25, 0.3) is 0 Å². The molecule has 2 rings (SSSR count). The van der Waals surface area contributed by atoms with Gasteiger partial charge in [0.05, 0.1) is 0 Å². The fourth-order valence-electron chi connectivity index (χ4n) is 1.11. The number of hydrogen-bond donors (Lipinski definition) is 1. The molecule has 15 heavy (non-hydrogen) atoms. The average Bonchev–Trinajstić information content (AvgIpc) is 2.25. The Morgan fingerprint density at radius 3 is 2.73 bits per heavy atom. The molecule has 1 aromatic carbocycles. The van der Waals surface area contributed by atoms with Gasteiger partial charge in [-0.2, -0.15) is 0 Å². The number of halogens is 1. The molecule has 2 N–H and O–H groups in total. The molecule has 76 valence electrons. The Balaban J connectivity index is 2.22. The third-order valence-corrected chi connectivity index (χ3v) is 4.80. The van der Waals surface area contributed by atoms with Crippen LogP contribution in [0.5, 0.6) is 0 Å². The molecule has 0 saturated carbocycles. The minimum absolute atomic E-state index is 0.321. The van der Waals surface area contributed by atoms with Crippen LogP contribution in [-0.4, -0.2) is 19.9 Å². The molecule has 0 aliphatic heterocycles.